The van der Waals surface area contributed by atoms with Crippen molar-refractivity contribution in [2.45, 2.75) is 50.6 Å². The molecule has 1 aliphatic heterocycles. The number of benzene rings is 1. The van der Waals surface area contributed by atoms with Crippen molar-refractivity contribution >= 4 is 0 Å². The third kappa shape index (κ3) is 3.37. The summed E-state index contributed by atoms with van der Waals surface area (Å²) >= 11 is 0. The summed E-state index contributed by atoms with van der Waals surface area (Å²) in [7, 11) is 0. The van der Waals surface area contributed by atoms with E-state index in [2.05, 4.69) is 40.5 Å². The molecule has 1 N–H and O–H groups in total. The highest BCUT2D eigenvalue weighted by Gasteiger charge is 2.25. The summed E-state index contributed by atoms with van der Waals surface area (Å²) in [5, 5.41) is 3.73. The lowest BCUT2D eigenvalue weighted by Gasteiger charge is -2.35. The van der Waals surface area contributed by atoms with Gasteiger partial charge in [-0.25, -0.2) is 0 Å². The molecule has 2 heteroatoms. The van der Waals surface area contributed by atoms with Crippen LogP contribution in [0.5, 0.6) is 0 Å². The van der Waals surface area contributed by atoms with Crippen LogP contribution in [0.3, 0.4) is 0 Å². The fourth-order valence-electron chi connectivity index (χ4n) is 3.64. The van der Waals surface area contributed by atoms with Gasteiger partial charge in [0.25, 0.3) is 0 Å². The molecule has 3 rings (SSSR count). The first kappa shape index (κ1) is 13.1. The van der Waals surface area contributed by atoms with E-state index in [9.17, 15) is 0 Å². The molecule has 1 atom stereocenters. The summed E-state index contributed by atoms with van der Waals surface area (Å²) < 4.78 is 0. The molecule has 1 aliphatic carbocycles. The Kier molecular flexibility index (Phi) is 4.52. The van der Waals surface area contributed by atoms with Gasteiger partial charge >= 0.3 is 0 Å². The Balaban J connectivity index is 1.68. The average Bonchev–Trinajstić information content (AvgIpc) is 2.75. The molecule has 104 valence electrons. The highest BCUT2D eigenvalue weighted by molar-refractivity contribution is 5.19. The molecule has 1 unspecified atom stereocenters. The molecule has 0 amide bonds. The zero-order chi connectivity index (χ0) is 12.9. The van der Waals surface area contributed by atoms with Crippen LogP contribution < -0.4 is 5.32 Å². The van der Waals surface area contributed by atoms with Crippen molar-refractivity contribution in [3.8, 4) is 0 Å². The summed E-state index contributed by atoms with van der Waals surface area (Å²) in [6.07, 6.45) is 8.45. The first-order valence-electron chi connectivity index (χ1n) is 7.96. The Morgan fingerprint density at radius 1 is 0.947 bits per heavy atom. The van der Waals surface area contributed by atoms with Crippen LogP contribution in [0.1, 0.15) is 50.1 Å². The van der Waals surface area contributed by atoms with Crippen LogP contribution in [-0.2, 0) is 0 Å². The Labute approximate surface area is 117 Å². The standard InChI is InChI=1S/C17H26N2/c1-3-8-15(9-4-1)17-14-19(13-7-12-18-17)16-10-5-2-6-11-16/h1,3-4,8-9,16-18H,2,5-7,10-14H2. The quantitative estimate of drug-likeness (QED) is 0.875. The highest BCUT2D eigenvalue weighted by atomic mass is 15.2. The maximum Gasteiger partial charge on any atom is 0.0449 e. The molecule has 0 spiro atoms. The molecule has 19 heavy (non-hydrogen) atoms. The molecule has 2 nitrogen and oxygen atoms in total. The van der Waals surface area contributed by atoms with Gasteiger partial charge in [0, 0.05) is 18.6 Å². The molecule has 2 fully saturated rings. The van der Waals surface area contributed by atoms with Crippen molar-refractivity contribution in [3.05, 3.63) is 35.9 Å². The van der Waals surface area contributed by atoms with Gasteiger partial charge in [-0.1, -0.05) is 49.6 Å². The maximum atomic E-state index is 3.73. The SMILES string of the molecule is c1ccc(C2CN(C3CCCCC3)CCCN2)cc1. The van der Waals surface area contributed by atoms with Gasteiger partial charge in [-0.3, -0.25) is 4.90 Å². The van der Waals surface area contributed by atoms with Gasteiger partial charge in [-0.15, -0.1) is 0 Å². The molecule has 1 heterocycles. The van der Waals surface area contributed by atoms with Crippen LogP contribution in [0.15, 0.2) is 30.3 Å². The number of nitrogens with one attached hydrogen (secondary N) is 1. The molecule has 1 aromatic carbocycles. The smallest absolute Gasteiger partial charge is 0.0449 e. The second kappa shape index (κ2) is 6.53. The van der Waals surface area contributed by atoms with Gasteiger partial charge in [0.05, 0.1) is 0 Å². The fraction of sp³-hybridized carbons (Fsp3) is 0.647. The predicted molar refractivity (Wildman–Crippen MR) is 80.2 cm³/mol. The summed E-state index contributed by atoms with van der Waals surface area (Å²) in [6.45, 7) is 3.62. The van der Waals surface area contributed by atoms with Crippen LogP contribution in [0.25, 0.3) is 0 Å². The van der Waals surface area contributed by atoms with Crippen molar-refractivity contribution in [1.29, 1.82) is 0 Å². The van der Waals surface area contributed by atoms with Crippen molar-refractivity contribution in [3.63, 3.8) is 0 Å². The van der Waals surface area contributed by atoms with Crippen LogP contribution in [-0.4, -0.2) is 30.6 Å². The van der Waals surface area contributed by atoms with E-state index >= 15 is 0 Å². The van der Waals surface area contributed by atoms with Crippen LogP contribution in [0.4, 0.5) is 0 Å². The predicted octanol–water partition coefficient (Wildman–Crippen LogP) is 3.36. The van der Waals surface area contributed by atoms with Gasteiger partial charge in [0.15, 0.2) is 0 Å². The van der Waals surface area contributed by atoms with Gasteiger partial charge in [-0.2, -0.15) is 0 Å². The Morgan fingerprint density at radius 2 is 1.74 bits per heavy atom. The number of nitrogens with zero attached hydrogens (tertiary/aromatic N) is 1. The van der Waals surface area contributed by atoms with E-state index in [0.717, 1.165) is 12.6 Å². The summed E-state index contributed by atoms with van der Waals surface area (Å²) in [6, 6.07) is 12.3. The van der Waals surface area contributed by atoms with Crippen molar-refractivity contribution < 1.29 is 0 Å². The lowest BCUT2D eigenvalue weighted by atomic mass is 9.93. The lowest BCUT2D eigenvalue weighted by molar-refractivity contribution is 0.154. The Hall–Kier alpha value is -0.860. The minimum absolute atomic E-state index is 0.519. The van der Waals surface area contributed by atoms with Gasteiger partial charge in [0.2, 0.25) is 0 Å². The largest absolute Gasteiger partial charge is 0.309 e. The van der Waals surface area contributed by atoms with E-state index in [1.807, 2.05) is 0 Å². The third-order valence-corrected chi connectivity index (χ3v) is 4.72. The van der Waals surface area contributed by atoms with E-state index in [4.69, 9.17) is 0 Å². The van der Waals surface area contributed by atoms with Crippen molar-refractivity contribution in [2.24, 2.45) is 0 Å². The van der Waals surface area contributed by atoms with Gasteiger partial charge in [-0.05, 0) is 37.9 Å². The second-order valence-corrected chi connectivity index (χ2v) is 6.06. The van der Waals surface area contributed by atoms with Crippen molar-refractivity contribution in [2.75, 3.05) is 19.6 Å². The minimum atomic E-state index is 0.519. The zero-order valence-corrected chi connectivity index (χ0v) is 11.9. The normalized spacial score (nSPS) is 27.1. The molecule has 0 aromatic heterocycles. The highest BCUT2D eigenvalue weighted by Crippen LogP contribution is 2.26. The molecule has 0 radical (unpaired) electrons. The first-order chi connectivity index (χ1) is 9.43. The van der Waals surface area contributed by atoms with Gasteiger partial charge < -0.3 is 5.32 Å². The molecule has 1 aromatic rings. The Bertz CT molecular complexity index is 370. The van der Waals surface area contributed by atoms with E-state index < -0.39 is 0 Å². The van der Waals surface area contributed by atoms with Crippen LogP contribution >= 0.6 is 0 Å². The van der Waals surface area contributed by atoms with Gasteiger partial charge in [0.1, 0.15) is 0 Å². The lowest BCUT2D eigenvalue weighted by Crippen LogP contribution is -2.40. The molecular formula is C17H26N2. The molecular weight excluding hydrogens is 232 g/mol. The molecule has 1 saturated carbocycles. The molecule has 0 bridgehead atoms. The summed E-state index contributed by atoms with van der Waals surface area (Å²) in [4.78, 5) is 2.76. The summed E-state index contributed by atoms with van der Waals surface area (Å²) in [5.74, 6) is 0. The van der Waals surface area contributed by atoms with E-state index in [-0.39, 0.29) is 0 Å². The third-order valence-electron chi connectivity index (χ3n) is 4.72. The maximum absolute atomic E-state index is 3.73. The minimum Gasteiger partial charge on any atom is -0.309 e. The van der Waals surface area contributed by atoms with E-state index in [0.29, 0.717) is 6.04 Å². The number of rotatable bonds is 2. The van der Waals surface area contributed by atoms with Crippen molar-refractivity contribution in [1.82, 2.24) is 10.2 Å². The Morgan fingerprint density at radius 3 is 2.53 bits per heavy atom. The number of hydrogen-bond donors (Lipinski definition) is 1. The van der Waals surface area contributed by atoms with Crippen LogP contribution in [0, 0.1) is 0 Å². The first-order valence-corrected chi connectivity index (χ1v) is 7.96. The number of hydrogen-bond acceptors (Lipinski definition) is 2. The average molecular weight is 258 g/mol. The zero-order valence-electron chi connectivity index (χ0n) is 11.9. The second-order valence-electron chi connectivity index (χ2n) is 6.06. The topological polar surface area (TPSA) is 15.3 Å². The molecule has 2 aliphatic rings. The van der Waals surface area contributed by atoms with E-state index in [1.54, 1.807) is 0 Å². The molecule has 1 saturated heterocycles. The fourth-order valence-corrected chi connectivity index (χ4v) is 3.64. The monoisotopic (exact) mass is 258 g/mol. The van der Waals surface area contributed by atoms with E-state index in [1.165, 1.54) is 57.2 Å². The van der Waals surface area contributed by atoms with Crippen LogP contribution in [0.2, 0.25) is 0 Å². The summed E-state index contributed by atoms with van der Waals surface area (Å²) in [5.41, 5.74) is 1.45.